The average molecular weight is 236 g/mol. The number of hydrogen-bond donors (Lipinski definition) is 0. The molecule has 0 unspecified atom stereocenters. The van der Waals surface area contributed by atoms with Gasteiger partial charge in [-0.25, -0.2) is 4.68 Å². The van der Waals surface area contributed by atoms with Crippen molar-refractivity contribution in [3.8, 4) is 5.69 Å². The van der Waals surface area contributed by atoms with Crippen LogP contribution in [0, 0.1) is 6.92 Å². The normalized spacial score (nSPS) is 10.7. The van der Waals surface area contributed by atoms with Crippen LogP contribution in [0.2, 0.25) is 0 Å². The number of benzene rings is 1. The summed E-state index contributed by atoms with van der Waals surface area (Å²) >= 11 is 0. The van der Waals surface area contributed by atoms with E-state index in [2.05, 4.69) is 5.10 Å². The van der Waals surface area contributed by atoms with Gasteiger partial charge in [0, 0.05) is 11.1 Å². The van der Waals surface area contributed by atoms with Gasteiger partial charge in [0.1, 0.15) is 5.52 Å². The lowest BCUT2D eigenvalue weighted by molar-refractivity contribution is 0.860. The van der Waals surface area contributed by atoms with E-state index in [1.165, 1.54) is 0 Å². The molecule has 0 aliphatic carbocycles. The summed E-state index contributed by atoms with van der Waals surface area (Å²) in [6.07, 6.45) is 0. The summed E-state index contributed by atoms with van der Waals surface area (Å²) in [5, 5.41) is 5.32. The Hall–Kier alpha value is -2.42. The second-order valence-corrected chi connectivity index (χ2v) is 4.18. The quantitative estimate of drug-likeness (QED) is 0.651. The van der Waals surface area contributed by atoms with Gasteiger partial charge in [-0.15, -0.1) is 0 Å². The Balaban J connectivity index is 2.39. The van der Waals surface area contributed by atoms with Crippen LogP contribution in [-0.2, 0) is 0 Å². The third-order valence-electron chi connectivity index (χ3n) is 3.02. The molecule has 0 saturated heterocycles. The van der Waals surface area contributed by atoms with Crippen LogP contribution in [0.15, 0.2) is 59.4 Å². The molecule has 88 valence electrons. The predicted molar refractivity (Wildman–Crippen MR) is 72.1 cm³/mol. The Morgan fingerprint density at radius 3 is 2.39 bits per heavy atom. The fourth-order valence-corrected chi connectivity index (χ4v) is 2.09. The molecule has 0 saturated carbocycles. The maximum absolute atomic E-state index is 11.9. The van der Waals surface area contributed by atoms with Crippen molar-refractivity contribution in [2.75, 3.05) is 0 Å². The highest BCUT2D eigenvalue weighted by molar-refractivity contribution is 5.81. The number of aromatic nitrogens is 2. The molecule has 3 nitrogen and oxygen atoms in total. The van der Waals surface area contributed by atoms with E-state index >= 15 is 0 Å². The molecule has 0 bridgehead atoms. The fraction of sp³-hybridized carbons (Fsp3) is 0.0667. The van der Waals surface area contributed by atoms with E-state index in [1.807, 2.05) is 54.1 Å². The Kier molecular flexibility index (Phi) is 2.45. The summed E-state index contributed by atoms with van der Waals surface area (Å²) in [6.45, 7) is 1.97. The molecule has 18 heavy (non-hydrogen) atoms. The molecule has 3 heteroatoms. The van der Waals surface area contributed by atoms with Crippen molar-refractivity contribution in [3.63, 3.8) is 0 Å². The first-order chi connectivity index (χ1) is 8.77. The lowest BCUT2D eigenvalue weighted by atomic mass is 10.2. The van der Waals surface area contributed by atoms with Crippen LogP contribution >= 0.6 is 0 Å². The van der Waals surface area contributed by atoms with Gasteiger partial charge in [0.2, 0.25) is 5.43 Å². The van der Waals surface area contributed by atoms with E-state index in [4.69, 9.17) is 0 Å². The van der Waals surface area contributed by atoms with E-state index in [-0.39, 0.29) is 5.43 Å². The van der Waals surface area contributed by atoms with E-state index in [0.717, 1.165) is 16.8 Å². The molecular weight excluding hydrogens is 224 g/mol. The summed E-state index contributed by atoms with van der Waals surface area (Å²) in [5.41, 5.74) is 2.41. The smallest absolute Gasteiger partial charge is 0.206 e. The molecule has 1 aromatic heterocycles. The predicted octanol–water partition coefficient (Wildman–Crippen LogP) is 2.69. The highest BCUT2D eigenvalue weighted by atomic mass is 16.1. The molecule has 0 radical (unpaired) electrons. The van der Waals surface area contributed by atoms with Crippen LogP contribution in [-0.4, -0.2) is 9.78 Å². The highest BCUT2D eigenvalue weighted by Crippen LogP contribution is 2.17. The van der Waals surface area contributed by atoms with Crippen molar-refractivity contribution in [1.29, 1.82) is 0 Å². The van der Waals surface area contributed by atoms with Gasteiger partial charge in [-0.1, -0.05) is 36.4 Å². The lowest BCUT2D eigenvalue weighted by Gasteiger charge is -2.02. The maximum atomic E-state index is 11.9. The van der Waals surface area contributed by atoms with Crippen LogP contribution in [0.5, 0.6) is 0 Å². The van der Waals surface area contributed by atoms with Crippen molar-refractivity contribution in [2.45, 2.75) is 6.92 Å². The molecule has 1 heterocycles. The van der Waals surface area contributed by atoms with Crippen molar-refractivity contribution >= 4 is 10.9 Å². The minimum absolute atomic E-state index is 0.0484. The molecule has 0 aliphatic rings. The summed E-state index contributed by atoms with van der Waals surface area (Å²) in [5.74, 6) is 0. The van der Waals surface area contributed by atoms with Crippen LogP contribution in [0.4, 0.5) is 0 Å². The zero-order chi connectivity index (χ0) is 12.5. The minimum atomic E-state index is -0.0484. The zero-order valence-corrected chi connectivity index (χ0v) is 10.00. The number of nitrogens with zero attached hydrogens (tertiary/aromatic N) is 2. The number of aryl methyl sites for hydroxylation is 1. The van der Waals surface area contributed by atoms with Gasteiger partial charge < -0.3 is 0 Å². The van der Waals surface area contributed by atoms with E-state index in [1.54, 1.807) is 12.1 Å². The van der Waals surface area contributed by atoms with Gasteiger partial charge in [0.25, 0.3) is 0 Å². The molecular formula is C15H12N2O. The van der Waals surface area contributed by atoms with Gasteiger partial charge in [0.15, 0.2) is 0 Å². The topological polar surface area (TPSA) is 34.9 Å². The number of rotatable bonds is 1. The van der Waals surface area contributed by atoms with E-state index in [0.29, 0.717) is 5.52 Å². The van der Waals surface area contributed by atoms with Crippen LogP contribution < -0.4 is 5.43 Å². The van der Waals surface area contributed by atoms with Crippen molar-refractivity contribution in [1.82, 2.24) is 9.78 Å². The molecule has 0 fully saturated rings. The Bertz CT molecular complexity index is 760. The molecule has 0 N–H and O–H groups in total. The lowest BCUT2D eigenvalue weighted by Crippen LogP contribution is -2.00. The van der Waals surface area contributed by atoms with Crippen LogP contribution in [0.3, 0.4) is 0 Å². The molecule has 0 spiro atoms. The fourth-order valence-electron chi connectivity index (χ4n) is 2.09. The molecule has 3 aromatic rings. The van der Waals surface area contributed by atoms with Crippen molar-refractivity contribution < 1.29 is 0 Å². The van der Waals surface area contributed by atoms with Gasteiger partial charge in [-0.05, 0) is 25.1 Å². The first kappa shape index (κ1) is 10.7. The largest absolute Gasteiger partial charge is 0.287 e. The standard InChI is InChI=1S/C15H12N2O/c1-11-13-9-5-6-10-14(18)15(13)16-17(11)12-7-3-2-4-8-12/h2-10H,1H3. The number of hydrogen-bond acceptors (Lipinski definition) is 2. The Labute approximate surface area is 104 Å². The maximum Gasteiger partial charge on any atom is 0.206 e. The van der Waals surface area contributed by atoms with E-state index in [9.17, 15) is 4.79 Å². The van der Waals surface area contributed by atoms with Crippen LogP contribution in [0.1, 0.15) is 5.69 Å². The highest BCUT2D eigenvalue weighted by Gasteiger charge is 2.09. The molecule has 3 rings (SSSR count). The van der Waals surface area contributed by atoms with Gasteiger partial charge in [-0.2, -0.15) is 5.10 Å². The van der Waals surface area contributed by atoms with Gasteiger partial charge >= 0.3 is 0 Å². The third-order valence-corrected chi connectivity index (χ3v) is 3.02. The van der Waals surface area contributed by atoms with Crippen LogP contribution in [0.25, 0.3) is 16.6 Å². The number of fused-ring (bicyclic) bond motifs is 1. The Morgan fingerprint density at radius 1 is 0.944 bits per heavy atom. The molecule has 0 aliphatic heterocycles. The molecule has 0 amide bonds. The second-order valence-electron chi connectivity index (χ2n) is 4.18. The molecule has 0 atom stereocenters. The second kappa shape index (κ2) is 4.11. The van der Waals surface area contributed by atoms with Crippen molar-refractivity contribution in [2.24, 2.45) is 0 Å². The SMILES string of the molecule is Cc1c2ccccc(=O)c2nn1-c1ccccc1. The van der Waals surface area contributed by atoms with Crippen molar-refractivity contribution in [3.05, 3.63) is 70.5 Å². The first-order valence-electron chi connectivity index (χ1n) is 5.81. The minimum Gasteiger partial charge on any atom is -0.287 e. The summed E-state index contributed by atoms with van der Waals surface area (Å²) in [7, 11) is 0. The summed E-state index contributed by atoms with van der Waals surface area (Å²) < 4.78 is 1.81. The summed E-state index contributed by atoms with van der Waals surface area (Å²) in [4.78, 5) is 11.9. The van der Waals surface area contributed by atoms with Gasteiger partial charge in [0.05, 0.1) is 5.69 Å². The van der Waals surface area contributed by atoms with Gasteiger partial charge in [-0.3, -0.25) is 4.79 Å². The summed E-state index contributed by atoms with van der Waals surface area (Å²) in [6, 6.07) is 16.9. The monoisotopic (exact) mass is 236 g/mol. The molecule has 2 aromatic carbocycles. The number of para-hydroxylation sites is 1. The average Bonchev–Trinajstić information content (AvgIpc) is 2.61. The van der Waals surface area contributed by atoms with E-state index < -0.39 is 0 Å². The Morgan fingerprint density at radius 2 is 1.61 bits per heavy atom. The third kappa shape index (κ3) is 1.61. The first-order valence-corrected chi connectivity index (χ1v) is 5.81. The zero-order valence-electron chi connectivity index (χ0n) is 10.00.